The average Bonchev–Trinajstić information content (AvgIpc) is 2.29. The van der Waals surface area contributed by atoms with Crippen LogP contribution in [0.5, 0.6) is 5.75 Å². The smallest absolute Gasteiger partial charge is 0.404 e. The highest BCUT2D eigenvalue weighted by Crippen LogP contribution is 2.24. The molecule has 1 heterocycles. The molecule has 5 heteroatoms. The Kier molecular flexibility index (Phi) is 3.23. The summed E-state index contributed by atoms with van der Waals surface area (Å²) >= 11 is 0. The van der Waals surface area contributed by atoms with E-state index < -0.39 is 6.36 Å². The van der Waals surface area contributed by atoms with Gasteiger partial charge in [0, 0.05) is 5.56 Å². The molecule has 18 heavy (non-hydrogen) atoms. The molecule has 94 valence electrons. The van der Waals surface area contributed by atoms with E-state index in [-0.39, 0.29) is 5.75 Å². The number of aryl methyl sites for hydroxylation is 1. The third-order valence-electron chi connectivity index (χ3n) is 2.32. The SMILES string of the molecule is Cc1ccc(-c2ccc(OC(F)(F)F)cn2)cc1. The fourth-order valence-electron chi connectivity index (χ4n) is 1.47. The zero-order chi connectivity index (χ0) is 13.2. The fourth-order valence-corrected chi connectivity index (χ4v) is 1.47. The van der Waals surface area contributed by atoms with Gasteiger partial charge >= 0.3 is 6.36 Å². The highest BCUT2D eigenvalue weighted by molar-refractivity contribution is 5.59. The van der Waals surface area contributed by atoms with Crippen molar-refractivity contribution in [1.82, 2.24) is 4.98 Å². The van der Waals surface area contributed by atoms with Crippen molar-refractivity contribution in [2.75, 3.05) is 0 Å². The summed E-state index contributed by atoms with van der Waals surface area (Å²) in [5, 5.41) is 0. The van der Waals surface area contributed by atoms with E-state index in [2.05, 4.69) is 9.72 Å². The molecule has 2 aromatic rings. The van der Waals surface area contributed by atoms with Gasteiger partial charge in [0.1, 0.15) is 5.75 Å². The van der Waals surface area contributed by atoms with Gasteiger partial charge in [0.25, 0.3) is 0 Å². The number of hydrogen-bond acceptors (Lipinski definition) is 2. The van der Waals surface area contributed by atoms with E-state index >= 15 is 0 Å². The third kappa shape index (κ3) is 3.23. The zero-order valence-electron chi connectivity index (χ0n) is 9.53. The van der Waals surface area contributed by atoms with Crippen molar-refractivity contribution in [3.63, 3.8) is 0 Å². The largest absolute Gasteiger partial charge is 0.573 e. The molecule has 0 unspecified atom stereocenters. The van der Waals surface area contributed by atoms with E-state index in [0.29, 0.717) is 5.69 Å². The topological polar surface area (TPSA) is 22.1 Å². The van der Waals surface area contributed by atoms with Crippen molar-refractivity contribution in [3.05, 3.63) is 48.2 Å². The van der Waals surface area contributed by atoms with Crippen LogP contribution < -0.4 is 4.74 Å². The average molecular weight is 253 g/mol. The molecular weight excluding hydrogens is 243 g/mol. The Bertz CT molecular complexity index is 517. The lowest BCUT2D eigenvalue weighted by molar-refractivity contribution is -0.274. The predicted octanol–water partition coefficient (Wildman–Crippen LogP) is 3.96. The Balaban J connectivity index is 2.20. The summed E-state index contributed by atoms with van der Waals surface area (Å²) < 4.78 is 39.6. The minimum atomic E-state index is -4.69. The second kappa shape index (κ2) is 4.68. The van der Waals surface area contributed by atoms with Crippen LogP contribution in [-0.4, -0.2) is 11.3 Å². The lowest BCUT2D eigenvalue weighted by Crippen LogP contribution is -2.17. The van der Waals surface area contributed by atoms with Crippen molar-refractivity contribution >= 4 is 0 Å². The van der Waals surface area contributed by atoms with Gasteiger partial charge in [-0.05, 0) is 19.1 Å². The molecule has 0 saturated carbocycles. The van der Waals surface area contributed by atoms with Crippen molar-refractivity contribution in [2.24, 2.45) is 0 Å². The molecule has 0 radical (unpaired) electrons. The highest BCUT2D eigenvalue weighted by Gasteiger charge is 2.31. The highest BCUT2D eigenvalue weighted by atomic mass is 19.4. The Labute approximate surface area is 102 Å². The van der Waals surface area contributed by atoms with Gasteiger partial charge in [-0.15, -0.1) is 13.2 Å². The Morgan fingerprint density at radius 3 is 2.17 bits per heavy atom. The van der Waals surface area contributed by atoms with Crippen molar-refractivity contribution in [3.8, 4) is 17.0 Å². The van der Waals surface area contributed by atoms with E-state index in [1.807, 2.05) is 31.2 Å². The predicted molar refractivity (Wildman–Crippen MR) is 61.1 cm³/mol. The minimum absolute atomic E-state index is 0.321. The molecule has 1 aromatic heterocycles. The second-order valence-corrected chi connectivity index (χ2v) is 3.79. The zero-order valence-corrected chi connectivity index (χ0v) is 9.53. The van der Waals surface area contributed by atoms with Crippen molar-refractivity contribution in [2.45, 2.75) is 13.3 Å². The fraction of sp³-hybridized carbons (Fsp3) is 0.154. The second-order valence-electron chi connectivity index (χ2n) is 3.79. The van der Waals surface area contributed by atoms with Gasteiger partial charge in [-0.25, -0.2) is 0 Å². The molecule has 1 aromatic carbocycles. The van der Waals surface area contributed by atoms with Crippen molar-refractivity contribution in [1.29, 1.82) is 0 Å². The molecule has 0 aliphatic heterocycles. The number of rotatable bonds is 2. The quantitative estimate of drug-likeness (QED) is 0.808. The minimum Gasteiger partial charge on any atom is -0.404 e. The lowest BCUT2D eigenvalue weighted by atomic mass is 10.1. The Morgan fingerprint density at radius 2 is 1.67 bits per heavy atom. The van der Waals surface area contributed by atoms with Gasteiger partial charge < -0.3 is 4.74 Å². The molecule has 2 nitrogen and oxygen atoms in total. The summed E-state index contributed by atoms with van der Waals surface area (Å²) in [6, 6.07) is 10.3. The summed E-state index contributed by atoms with van der Waals surface area (Å²) in [5.74, 6) is -0.321. The molecule has 0 N–H and O–H groups in total. The summed E-state index contributed by atoms with van der Waals surface area (Å²) in [6.07, 6.45) is -3.63. The first-order valence-electron chi connectivity index (χ1n) is 5.23. The van der Waals surface area contributed by atoms with E-state index in [1.54, 1.807) is 0 Å². The van der Waals surface area contributed by atoms with Gasteiger partial charge in [-0.2, -0.15) is 0 Å². The number of halogens is 3. The van der Waals surface area contributed by atoms with Crippen LogP contribution in [0.15, 0.2) is 42.6 Å². The first kappa shape index (κ1) is 12.4. The van der Waals surface area contributed by atoms with Gasteiger partial charge in [0.15, 0.2) is 0 Å². The maximum Gasteiger partial charge on any atom is 0.573 e. The van der Waals surface area contributed by atoms with Crippen LogP contribution in [0.4, 0.5) is 13.2 Å². The molecule has 0 amide bonds. The van der Waals surface area contributed by atoms with Crippen LogP contribution >= 0.6 is 0 Å². The maximum absolute atomic E-state index is 12.0. The first-order chi connectivity index (χ1) is 8.44. The molecule has 0 saturated heterocycles. The Morgan fingerprint density at radius 1 is 1.00 bits per heavy atom. The normalized spacial score (nSPS) is 11.3. The van der Waals surface area contributed by atoms with E-state index in [9.17, 15) is 13.2 Å². The van der Waals surface area contributed by atoms with Crippen molar-refractivity contribution < 1.29 is 17.9 Å². The summed E-state index contributed by atoms with van der Waals surface area (Å²) in [6.45, 7) is 1.96. The molecule has 0 aliphatic rings. The van der Waals surface area contributed by atoms with E-state index in [4.69, 9.17) is 0 Å². The number of aromatic nitrogens is 1. The third-order valence-corrected chi connectivity index (χ3v) is 2.32. The molecule has 0 atom stereocenters. The summed E-state index contributed by atoms with van der Waals surface area (Å²) in [7, 11) is 0. The van der Waals surface area contributed by atoms with Crippen LogP contribution in [0.2, 0.25) is 0 Å². The molecule has 0 spiro atoms. The number of ether oxygens (including phenoxy) is 1. The number of alkyl halides is 3. The number of hydrogen-bond donors (Lipinski definition) is 0. The molecule has 0 bridgehead atoms. The molecule has 0 fully saturated rings. The summed E-state index contributed by atoms with van der Waals surface area (Å²) in [5.41, 5.74) is 2.56. The van der Waals surface area contributed by atoms with E-state index in [0.717, 1.165) is 17.3 Å². The van der Waals surface area contributed by atoms with Crippen LogP contribution in [0.1, 0.15) is 5.56 Å². The van der Waals surface area contributed by atoms with Gasteiger partial charge in [-0.1, -0.05) is 29.8 Å². The van der Waals surface area contributed by atoms with Gasteiger partial charge in [-0.3, -0.25) is 4.98 Å². The Hall–Kier alpha value is -2.04. The van der Waals surface area contributed by atoms with Gasteiger partial charge in [0.2, 0.25) is 0 Å². The van der Waals surface area contributed by atoms with Crippen LogP contribution in [0.3, 0.4) is 0 Å². The number of benzene rings is 1. The molecule has 2 rings (SSSR count). The van der Waals surface area contributed by atoms with Crippen LogP contribution in [0, 0.1) is 6.92 Å². The monoisotopic (exact) mass is 253 g/mol. The van der Waals surface area contributed by atoms with Gasteiger partial charge in [0.05, 0.1) is 11.9 Å². The maximum atomic E-state index is 12.0. The molecule has 0 aliphatic carbocycles. The van der Waals surface area contributed by atoms with Crippen LogP contribution in [0.25, 0.3) is 11.3 Å². The lowest BCUT2D eigenvalue weighted by Gasteiger charge is -2.08. The standard InChI is InChI=1S/C13H10F3NO/c1-9-2-4-10(5-3-9)12-7-6-11(8-17-12)18-13(14,15)16/h2-8H,1H3. The van der Waals surface area contributed by atoms with E-state index in [1.165, 1.54) is 12.1 Å². The number of nitrogens with zero attached hydrogens (tertiary/aromatic N) is 1. The molecular formula is C13H10F3NO. The van der Waals surface area contributed by atoms with Crippen LogP contribution in [-0.2, 0) is 0 Å². The summed E-state index contributed by atoms with van der Waals surface area (Å²) in [4.78, 5) is 3.94. The first-order valence-corrected chi connectivity index (χ1v) is 5.23. The number of pyridine rings is 1.